The Bertz CT molecular complexity index is 1240. The minimum Gasteiger partial charge on any atom is -0.465 e. The van der Waals surface area contributed by atoms with Crippen LogP contribution in [0.25, 0.3) is 16.8 Å². The molecular weight excluding hydrogens is 457 g/mol. The Morgan fingerprint density at radius 2 is 2.11 bits per heavy atom. The molecule has 0 spiro atoms. The molecule has 6 rings (SSSR count). The molecule has 4 aromatic heterocycles. The highest BCUT2D eigenvalue weighted by Crippen LogP contribution is 2.33. The fraction of sp³-hybridized carbons (Fsp3) is 0.409. The van der Waals surface area contributed by atoms with Gasteiger partial charge in [-0.25, -0.2) is 18.7 Å². The highest BCUT2D eigenvalue weighted by Gasteiger charge is 2.38. The maximum absolute atomic E-state index is 11.8. The van der Waals surface area contributed by atoms with Crippen molar-refractivity contribution in [2.45, 2.75) is 37.9 Å². The molecule has 1 saturated heterocycles. The van der Waals surface area contributed by atoms with Crippen LogP contribution in [0, 0.1) is 0 Å². The molecule has 4 aromatic rings. The fourth-order valence-corrected chi connectivity index (χ4v) is 3.24. The summed E-state index contributed by atoms with van der Waals surface area (Å²) in [6, 6.07) is 3.74. The molecule has 1 saturated carbocycles. The smallest absolute Gasteiger partial charge is 0.405 e. The molecule has 1 atom stereocenters. The van der Waals surface area contributed by atoms with E-state index >= 15 is 0 Å². The van der Waals surface area contributed by atoms with E-state index < -0.39 is 12.3 Å². The van der Waals surface area contributed by atoms with Gasteiger partial charge in [0.1, 0.15) is 17.5 Å². The van der Waals surface area contributed by atoms with Crippen LogP contribution in [-0.4, -0.2) is 70.7 Å². The molecule has 13 heteroatoms. The number of halogens is 1. The number of carbonyl (C=O) groups is 1. The van der Waals surface area contributed by atoms with Crippen LogP contribution in [0.3, 0.4) is 0 Å². The number of nitrogens with one attached hydrogen (secondary N) is 3. The SMILES string of the molecule is CC1(NC(=O)O)CC1.Cn1cc(-c2cn3nccc3c(Nc3ccn[nH]3)n2)cn1.FC1CCOC1. The lowest BCUT2D eigenvalue weighted by molar-refractivity contribution is 0.173. The van der Waals surface area contributed by atoms with Crippen molar-refractivity contribution in [3.8, 4) is 11.3 Å². The summed E-state index contributed by atoms with van der Waals surface area (Å²) >= 11 is 0. The van der Waals surface area contributed by atoms with Crippen LogP contribution >= 0.6 is 0 Å². The number of aromatic nitrogens is 7. The Morgan fingerprint density at radius 3 is 2.63 bits per heavy atom. The zero-order valence-electron chi connectivity index (χ0n) is 19.5. The molecule has 186 valence electrons. The molecule has 1 unspecified atom stereocenters. The molecule has 1 aliphatic heterocycles. The van der Waals surface area contributed by atoms with E-state index in [9.17, 15) is 9.18 Å². The van der Waals surface area contributed by atoms with Crippen LogP contribution in [0.15, 0.2) is 43.1 Å². The third-order valence-corrected chi connectivity index (χ3v) is 5.43. The Morgan fingerprint density at radius 1 is 1.29 bits per heavy atom. The molecule has 1 aliphatic carbocycles. The van der Waals surface area contributed by atoms with E-state index in [1.165, 1.54) is 0 Å². The van der Waals surface area contributed by atoms with Crippen molar-refractivity contribution in [3.05, 3.63) is 43.1 Å². The van der Waals surface area contributed by atoms with Crippen LogP contribution < -0.4 is 10.6 Å². The normalized spacial score (nSPS) is 17.6. The molecule has 4 N–H and O–H groups in total. The van der Waals surface area contributed by atoms with Gasteiger partial charge in [-0.2, -0.15) is 15.3 Å². The first-order chi connectivity index (χ1) is 16.8. The van der Waals surface area contributed by atoms with E-state index in [2.05, 4.69) is 40.7 Å². The first-order valence-corrected chi connectivity index (χ1v) is 11.1. The lowest BCUT2D eigenvalue weighted by atomic mass is 10.2. The van der Waals surface area contributed by atoms with Gasteiger partial charge < -0.3 is 20.5 Å². The second kappa shape index (κ2) is 10.5. The maximum Gasteiger partial charge on any atom is 0.405 e. The summed E-state index contributed by atoms with van der Waals surface area (Å²) in [5.74, 6) is 1.48. The monoisotopic (exact) mass is 485 g/mol. The second-order valence-electron chi connectivity index (χ2n) is 8.59. The summed E-state index contributed by atoms with van der Waals surface area (Å²) in [5.41, 5.74) is 2.53. The van der Waals surface area contributed by atoms with Crippen molar-refractivity contribution < 1.29 is 19.0 Å². The summed E-state index contributed by atoms with van der Waals surface area (Å²) in [6.07, 6.45) is 9.97. The van der Waals surface area contributed by atoms with Crippen molar-refractivity contribution in [3.63, 3.8) is 0 Å². The number of H-pyrrole nitrogens is 1. The van der Waals surface area contributed by atoms with Crippen LogP contribution in [-0.2, 0) is 11.8 Å². The molecule has 2 aliphatic rings. The number of carboxylic acid groups (broad SMARTS) is 1. The van der Waals surface area contributed by atoms with E-state index in [-0.39, 0.29) is 5.54 Å². The van der Waals surface area contributed by atoms with Gasteiger partial charge in [-0.1, -0.05) is 0 Å². The first kappa shape index (κ1) is 24.1. The third kappa shape index (κ3) is 6.76. The number of ether oxygens (including phenoxy) is 1. The number of rotatable bonds is 4. The lowest BCUT2D eigenvalue weighted by Crippen LogP contribution is -2.32. The summed E-state index contributed by atoms with van der Waals surface area (Å²) < 4.78 is 20.0. The van der Waals surface area contributed by atoms with Gasteiger partial charge in [0.2, 0.25) is 0 Å². The van der Waals surface area contributed by atoms with Crippen molar-refractivity contribution in [2.24, 2.45) is 7.05 Å². The summed E-state index contributed by atoms with van der Waals surface area (Å²) in [4.78, 5) is 14.6. The maximum atomic E-state index is 11.8. The van der Waals surface area contributed by atoms with Gasteiger partial charge in [-0.3, -0.25) is 9.78 Å². The van der Waals surface area contributed by atoms with E-state index in [0.717, 1.165) is 35.4 Å². The Kier molecular flexibility index (Phi) is 7.25. The zero-order chi connectivity index (χ0) is 24.8. The molecule has 12 nitrogen and oxygen atoms in total. The van der Waals surface area contributed by atoms with Gasteiger partial charge >= 0.3 is 6.09 Å². The number of nitrogens with zero attached hydrogens (tertiary/aromatic N) is 6. The minimum atomic E-state index is -0.912. The predicted octanol–water partition coefficient (Wildman–Crippen LogP) is 3.15. The van der Waals surface area contributed by atoms with Crippen LogP contribution in [0.5, 0.6) is 0 Å². The highest BCUT2D eigenvalue weighted by molar-refractivity contribution is 5.74. The van der Waals surface area contributed by atoms with Gasteiger partial charge in [0.25, 0.3) is 0 Å². The van der Waals surface area contributed by atoms with Crippen molar-refractivity contribution in [1.82, 2.24) is 39.9 Å². The number of fused-ring (bicyclic) bond motifs is 1. The van der Waals surface area contributed by atoms with Gasteiger partial charge in [0.05, 0.1) is 37.1 Å². The number of aromatic amines is 1. The van der Waals surface area contributed by atoms with Gasteiger partial charge in [-0.05, 0) is 25.8 Å². The summed E-state index contributed by atoms with van der Waals surface area (Å²) in [6.45, 7) is 2.84. The molecule has 0 bridgehead atoms. The number of alkyl halides is 1. The summed E-state index contributed by atoms with van der Waals surface area (Å²) in [5, 5.41) is 29.0. The molecular formula is C22H28FN9O3. The predicted molar refractivity (Wildman–Crippen MR) is 126 cm³/mol. The summed E-state index contributed by atoms with van der Waals surface area (Å²) in [7, 11) is 1.87. The van der Waals surface area contributed by atoms with Crippen molar-refractivity contribution in [2.75, 3.05) is 18.5 Å². The van der Waals surface area contributed by atoms with Crippen molar-refractivity contribution >= 4 is 23.2 Å². The van der Waals surface area contributed by atoms with E-state index in [4.69, 9.17) is 5.11 Å². The quantitative estimate of drug-likeness (QED) is 0.345. The third-order valence-electron chi connectivity index (χ3n) is 5.43. The number of aryl methyl sites for hydroxylation is 1. The standard InChI is InChI=1S/C13H12N8.C5H9NO2.C4H7FO/c1-20-7-9(6-16-20)10-8-21-11(2-5-15-21)13(17-10)18-12-3-4-14-19-12;1-5(2-3-5)6-4(7)8;5-4-1-2-6-3-4/h2-8H,1H3,(H2,14,17,18,19);6H,2-3H2,1H3,(H,7,8);4H,1-3H2. The number of hydrogen-bond acceptors (Lipinski definition) is 7. The second-order valence-corrected chi connectivity index (χ2v) is 8.59. The average molecular weight is 486 g/mol. The molecule has 2 fully saturated rings. The van der Waals surface area contributed by atoms with E-state index in [0.29, 0.717) is 25.5 Å². The largest absolute Gasteiger partial charge is 0.465 e. The molecule has 0 aromatic carbocycles. The molecule has 5 heterocycles. The van der Waals surface area contributed by atoms with Crippen molar-refractivity contribution in [1.29, 1.82) is 0 Å². The molecule has 1 amide bonds. The molecule has 0 radical (unpaired) electrons. The number of anilines is 2. The first-order valence-electron chi connectivity index (χ1n) is 11.1. The van der Waals surface area contributed by atoms with Crippen LogP contribution in [0.4, 0.5) is 20.8 Å². The van der Waals surface area contributed by atoms with Gasteiger partial charge in [0, 0.05) is 43.4 Å². The highest BCUT2D eigenvalue weighted by atomic mass is 19.1. The minimum absolute atomic E-state index is 0.0775. The van der Waals surface area contributed by atoms with Gasteiger partial charge in [-0.15, -0.1) is 0 Å². The fourth-order valence-electron chi connectivity index (χ4n) is 3.24. The Hall–Kier alpha value is -4.00. The topological polar surface area (TPSA) is 147 Å². The van der Waals surface area contributed by atoms with E-state index in [1.807, 2.05) is 38.5 Å². The number of amides is 1. The number of hydrogen-bond donors (Lipinski definition) is 4. The zero-order valence-corrected chi connectivity index (χ0v) is 19.5. The Balaban J connectivity index is 0.000000169. The van der Waals surface area contributed by atoms with Gasteiger partial charge in [0.15, 0.2) is 5.82 Å². The molecule has 35 heavy (non-hydrogen) atoms. The average Bonchev–Trinajstić information content (AvgIpc) is 3.41. The van der Waals surface area contributed by atoms with E-state index in [1.54, 1.807) is 27.8 Å². The Labute approximate surface area is 200 Å². The lowest BCUT2D eigenvalue weighted by Gasteiger charge is -2.07. The van der Waals surface area contributed by atoms with Crippen LogP contribution in [0.1, 0.15) is 26.2 Å². The van der Waals surface area contributed by atoms with Crippen LogP contribution in [0.2, 0.25) is 0 Å².